The van der Waals surface area contributed by atoms with Gasteiger partial charge in [0, 0.05) is 5.56 Å². The monoisotopic (exact) mass is 254 g/mol. The summed E-state index contributed by atoms with van der Waals surface area (Å²) in [4.78, 5) is 0. The van der Waals surface area contributed by atoms with Crippen molar-refractivity contribution in [2.45, 2.75) is 25.6 Å². The van der Waals surface area contributed by atoms with Gasteiger partial charge in [0.1, 0.15) is 0 Å². The summed E-state index contributed by atoms with van der Waals surface area (Å²) in [6.07, 6.45) is 0. The van der Waals surface area contributed by atoms with E-state index in [1.807, 2.05) is 67.6 Å². The lowest BCUT2D eigenvalue weighted by molar-refractivity contribution is 0.0573. The molecule has 0 spiro atoms. The van der Waals surface area contributed by atoms with E-state index in [9.17, 15) is 5.11 Å². The van der Waals surface area contributed by atoms with Crippen LogP contribution in [0.5, 0.6) is 0 Å². The first-order valence-corrected chi connectivity index (χ1v) is 6.34. The van der Waals surface area contributed by atoms with E-state index in [4.69, 9.17) is 0 Å². The molecule has 0 amide bonds. The first-order valence-electron chi connectivity index (χ1n) is 6.34. The smallest absolute Gasteiger partial charge is 0.199 e. The van der Waals surface area contributed by atoms with Gasteiger partial charge in [-0.15, -0.1) is 0 Å². The Morgan fingerprint density at radius 2 is 1.47 bits per heavy atom. The zero-order valence-corrected chi connectivity index (χ0v) is 11.2. The van der Waals surface area contributed by atoms with Crippen LogP contribution < -0.4 is 0 Å². The molecule has 0 radical (unpaired) electrons. The van der Waals surface area contributed by atoms with E-state index >= 15 is 0 Å². The standard InChI is InChI=1S/C16H18N2O/c1-13(14-9-5-3-6-10-14)17-18-16(2,19)15-11-7-4-8-12-15/h3-13,19H,1-2H3/b18-17+. The molecule has 2 atom stereocenters. The lowest BCUT2D eigenvalue weighted by atomic mass is 10.1. The predicted molar refractivity (Wildman–Crippen MR) is 75.7 cm³/mol. The molecule has 0 aromatic heterocycles. The number of hydrogen-bond donors (Lipinski definition) is 1. The molecule has 3 nitrogen and oxygen atoms in total. The maximum atomic E-state index is 10.3. The Kier molecular flexibility index (Phi) is 4.07. The van der Waals surface area contributed by atoms with Crippen molar-refractivity contribution in [1.82, 2.24) is 0 Å². The van der Waals surface area contributed by atoms with Crippen molar-refractivity contribution < 1.29 is 5.11 Å². The second-order valence-corrected chi connectivity index (χ2v) is 4.69. The Morgan fingerprint density at radius 3 is 2.05 bits per heavy atom. The van der Waals surface area contributed by atoms with E-state index in [1.54, 1.807) is 6.92 Å². The Morgan fingerprint density at radius 1 is 0.947 bits per heavy atom. The van der Waals surface area contributed by atoms with E-state index in [2.05, 4.69) is 10.2 Å². The average Bonchev–Trinajstić information content (AvgIpc) is 2.47. The molecule has 0 aliphatic heterocycles. The van der Waals surface area contributed by atoms with Gasteiger partial charge in [0.05, 0.1) is 6.04 Å². The Bertz CT molecular complexity index is 535. The van der Waals surface area contributed by atoms with Gasteiger partial charge >= 0.3 is 0 Å². The molecule has 0 bridgehead atoms. The molecule has 0 saturated heterocycles. The molecule has 0 heterocycles. The van der Waals surface area contributed by atoms with Gasteiger partial charge in [-0.2, -0.15) is 10.2 Å². The third-order valence-electron chi connectivity index (χ3n) is 3.03. The first-order chi connectivity index (χ1) is 9.09. The average molecular weight is 254 g/mol. The highest BCUT2D eigenvalue weighted by atomic mass is 16.3. The third kappa shape index (κ3) is 3.48. The van der Waals surface area contributed by atoms with Crippen molar-refractivity contribution in [3.63, 3.8) is 0 Å². The second kappa shape index (κ2) is 5.76. The summed E-state index contributed by atoms with van der Waals surface area (Å²) in [5.74, 6) is 0. The van der Waals surface area contributed by atoms with Gasteiger partial charge in [-0.3, -0.25) is 0 Å². The summed E-state index contributed by atoms with van der Waals surface area (Å²) in [6.45, 7) is 3.60. The molecule has 2 aromatic carbocycles. The van der Waals surface area contributed by atoms with Crippen LogP contribution in [0.2, 0.25) is 0 Å². The van der Waals surface area contributed by atoms with E-state index in [-0.39, 0.29) is 6.04 Å². The highest BCUT2D eigenvalue weighted by Crippen LogP contribution is 2.25. The maximum Gasteiger partial charge on any atom is 0.199 e. The summed E-state index contributed by atoms with van der Waals surface area (Å²) in [5.41, 5.74) is 0.527. The van der Waals surface area contributed by atoms with Gasteiger partial charge in [-0.05, 0) is 19.4 Å². The fraction of sp³-hybridized carbons (Fsp3) is 0.250. The quantitative estimate of drug-likeness (QED) is 0.821. The minimum absolute atomic E-state index is 0.0728. The molecule has 2 rings (SSSR count). The SMILES string of the molecule is CC(/N=N/C(C)(O)c1ccccc1)c1ccccc1. The third-order valence-corrected chi connectivity index (χ3v) is 3.03. The van der Waals surface area contributed by atoms with Gasteiger partial charge in [-0.1, -0.05) is 60.7 Å². The Balaban J connectivity index is 2.14. The molecule has 2 unspecified atom stereocenters. The number of hydrogen-bond acceptors (Lipinski definition) is 3. The molecule has 19 heavy (non-hydrogen) atoms. The fourth-order valence-corrected chi connectivity index (χ4v) is 1.81. The molecule has 1 N–H and O–H groups in total. The van der Waals surface area contributed by atoms with Crippen LogP contribution in [-0.4, -0.2) is 5.11 Å². The van der Waals surface area contributed by atoms with Crippen LogP contribution in [0.15, 0.2) is 70.9 Å². The van der Waals surface area contributed by atoms with Gasteiger partial charge < -0.3 is 5.11 Å². The minimum Gasteiger partial charge on any atom is -0.364 e. The normalized spacial score (nSPS) is 16.2. The van der Waals surface area contributed by atoms with Gasteiger partial charge in [0.25, 0.3) is 0 Å². The van der Waals surface area contributed by atoms with Gasteiger partial charge in [0.2, 0.25) is 0 Å². The lowest BCUT2D eigenvalue weighted by Crippen LogP contribution is -2.17. The topological polar surface area (TPSA) is 45.0 Å². The van der Waals surface area contributed by atoms with Crippen molar-refractivity contribution >= 4 is 0 Å². The van der Waals surface area contributed by atoms with Crippen LogP contribution in [0.3, 0.4) is 0 Å². The highest BCUT2D eigenvalue weighted by molar-refractivity contribution is 5.21. The van der Waals surface area contributed by atoms with Crippen molar-refractivity contribution in [3.8, 4) is 0 Å². The zero-order valence-electron chi connectivity index (χ0n) is 11.2. The molecular weight excluding hydrogens is 236 g/mol. The van der Waals surface area contributed by atoms with E-state index in [0.29, 0.717) is 0 Å². The first kappa shape index (κ1) is 13.4. The summed E-state index contributed by atoms with van der Waals surface area (Å²) >= 11 is 0. The number of rotatable bonds is 4. The number of benzene rings is 2. The van der Waals surface area contributed by atoms with Crippen LogP contribution in [0.4, 0.5) is 0 Å². The van der Waals surface area contributed by atoms with Crippen LogP contribution in [0.1, 0.15) is 31.0 Å². The van der Waals surface area contributed by atoms with Crippen LogP contribution in [0.25, 0.3) is 0 Å². The van der Waals surface area contributed by atoms with Crippen LogP contribution in [-0.2, 0) is 5.72 Å². The Labute approximate surface area is 113 Å². The number of azo groups is 1. The second-order valence-electron chi connectivity index (χ2n) is 4.69. The van der Waals surface area contributed by atoms with Gasteiger partial charge in [-0.25, -0.2) is 0 Å². The molecule has 3 heteroatoms. The molecule has 98 valence electrons. The molecule has 0 aliphatic carbocycles. The van der Waals surface area contributed by atoms with E-state index in [1.165, 1.54) is 0 Å². The molecule has 0 fully saturated rings. The largest absolute Gasteiger partial charge is 0.364 e. The summed E-state index contributed by atoms with van der Waals surface area (Å²) < 4.78 is 0. The predicted octanol–water partition coefficient (Wildman–Crippen LogP) is 4.07. The summed E-state index contributed by atoms with van der Waals surface area (Å²) in [5, 5.41) is 18.6. The lowest BCUT2D eigenvalue weighted by Gasteiger charge is -2.18. The summed E-state index contributed by atoms with van der Waals surface area (Å²) in [6, 6.07) is 19.2. The van der Waals surface area contributed by atoms with Gasteiger partial charge in [0.15, 0.2) is 5.72 Å². The summed E-state index contributed by atoms with van der Waals surface area (Å²) in [7, 11) is 0. The van der Waals surface area contributed by atoms with Crippen molar-refractivity contribution in [2.75, 3.05) is 0 Å². The maximum absolute atomic E-state index is 10.3. The highest BCUT2D eigenvalue weighted by Gasteiger charge is 2.22. The van der Waals surface area contributed by atoms with Crippen molar-refractivity contribution in [3.05, 3.63) is 71.8 Å². The number of aliphatic hydroxyl groups is 1. The zero-order chi connectivity index (χ0) is 13.7. The Hall–Kier alpha value is -2.00. The van der Waals surface area contributed by atoms with Crippen LogP contribution >= 0.6 is 0 Å². The van der Waals surface area contributed by atoms with Crippen molar-refractivity contribution in [1.29, 1.82) is 0 Å². The van der Waals surface area contributed by atoms with E-state index < -0.39 is 5.72 Å². The molecular formula is C16H18N2O. The van der Waals surface area contributed by atoms with E-state index in [0.717, 1.165) is 11.1 Å². The molecule has 0 aliphatic rings. The molecule has 0 saturated carbocycles. The minimum atomic E-state index is -1.29. The number of nitrogens with zero attached hydrogens (tertiary/aromatic N) is 2. The van der Waals surface area contributed by atoms with Crippen molar-refractivity contribution in [2.24, 2.45) is 10.2 Å². The fourth-order valence-electron chi connectivity index (χ4n) is 1.81. The molecule has 2 aromatic rings. The van der Waals surface area contributed by atoms with Crippen LogP contribution in [0, 0.1) is 0 Å².